The lowest BCUT2D eigenvalue weighted by atomic mass is 10.1. The second-order valence-corrected chi connectivity index (χ2v) is 3.94. The molecule has 0 fully saturated rings. The van der Waals surface area contributed by atoms with Gasteiger partial charge in [-0.05, 0) is 31.2 Å². The molecule has 1 aromatic rings. The van der Waals surface area contributed by atoms with E-state index in [-0.39, 0.29) is 0 Å². The summed E-state index contributed by atoms with van der Waals surface area (Å²) in [6.07, 6.45) is 0.903. The zero-order valence-corrected chi connectivity index (χ0v) is 10.2. The van der Waals surface area contributed by atoms with Crippen LogP contribution >= 0.6 is 0 Å². The Labute approximate surface area is 102 Å². The van der Waals surface area contributed by atoms with Crippen molar-refractivity contribution in [3.05, 3.63) is 23.8 Å². The summed E-state index contributed by atoms with van der Waals surface area (Å²) in [5.74, 6) is 1.69. The van der Waals surface area contributed by atoms with Crippen LogP contribution in [0.4, 0.5) is 0 Å². The third kappa shape index (κ3) is 3.61. The summed E-state index contributed by atoms with van der Waals surface area (Å²) >= 11 is 0. The van der Waals surface area contributed by atoms with Crippen molar-refractivity contribution in [3.8, 4) is 11.5 Å². The van der Waals surface area contributed by atoms with Gasteiger partial charge in [-0.2, -0.15) is 0 Å². The summed E-state index contributed by atoms with van der Waals surface area (Å²) in [5.41, 5.74) is 1.22. The molecule has 2 rings (SSSR count). The standard InChI is InChI=1S/C13H19NO3/c1-14-5-7-15-6-4-11-2-3-12-13(10-11)17-9-8-16-12/h2-3,10,14H,4-9H2,1H3. The summed E-state index contributed by atoms with van der Waals surface area (Å²) in [5, 5.41) is 3.05. The molecule has 1 aliphatic rings. The molecule has 0 amide bonds. The molecule has 0 aliphatic carbocycles. The Bertz CT molecular complexity index is 355. The number of likely N-dealkylation sites (N-methyl/N-ethyl adjacent to an activating group) is 1. The summed E-state index contributed by atoms with van der Waals surface area (Å²) in [7, 11) is 1.92. The van der Waals surface area contributed by atoms with Crippen molar-refractivity contribution in [2.75, 3.05) is 40.0 Å². The molecular weight excluding hydrogens is 218 g/mol. The predicted molar refractivity (Wildman–Crippen MR) is 65.9 cm³/mol. The average Bonchev–Trinajstić information content (AvgIpc) is 2.38. The van der Waals surface area contributed by atoms with E-state index < -0.39 is 0 Å². The minimum Gasteiger partial charge on any atom is -0.486 e. The zero-order chi connectivity index (χ0) is 11.9. The smallest absolute Gasteiger partial charge is 0.161 e. The fourth-order valence-corrected chi connectivity index (χ4v) is 1.71. The third-order valence-electron chi connectivity index (χ3n) is 2.64. The highest BCUT2D eigenvalue weighted by atomic mass is 16.6. The summed E-state index contributed by atoms with van der Waals surface area (Å²) in [4.78, 5) is 0. The average molecular weight is 237 g/mol. The molecular formula is C13H19NO3. The van der Waals surface area contributed by atoms with Gasteiger partial charge >= 0.3 is 0 Å². The fraction of sp³-hybridized carbons (Fsp3) is 0.538. The molecule has 0 radical (unpaired) electrons. The van der Waals surface area contributed by atoms with Crippen molar-refractivity contribution in [1.82, 2.24) is 5.32 Å². The van der Waals surface area contributed by atoms with Gasteiger partial charge < -0.3 is 19.5 Å². The van der Waals surface area contributed by atoms with Crippen LogP contribution in [0, 0.1) is 0 Å². The van der Waals surface area contributed by atoms with Crippen molar-refractivity contribution in [3.63, 3.8) is 0 Å². The first kappa shape index (κ1) is 12.2. The molecule has 1 heterocycles. The SMILES string of the molecule is CNCCOCCc1ccc2c(c1)OCCO2. The van der Waals surface area contributed by atoms with Gasteiger partial charge in [-0.15, -0.1) is 0 Å². The number of fused-ring (bicyclic) bond motifs is 1. The fourth-order valence-electron chi connectivity index (χ4n) is 1.71. The predicted octanol–water partition coefficient (Wildman–Crippen LogP) is 1.24. The molecule has 0 atom stereocenters. The second kappa shape index (κ2) is 6.47. The highest BCUT2D eigenvalue weighted by Gasteiger charge is 2.11. The van der Waals surface area contributed by atoms with Crippen LogP contribution in [0.15, 0.2) is 18.2 Å². The van der Waals surface area contributed by atoms with Gasteiger partial charge in [-0.1, -0.05) is 6.07 Å². The molecule has 1 N–H and O–H groups in total. The first-order valence-corrected chi connectivity index (χ1v) is 6.01. The maximum atomic E-state index is 5.53. The van der Waals surface area contributed by atoms with E-state index in [4.69, 9.17) is 14.2 Å². The molecule has 4 nitrogen and oxygen atoms in total. The molecule has 0 saturated carbocycles. The quantitative estimate of drug-likeness (QED) is 0.756. The van der Waals surface area contributed by atoms with E-state index in [9.17, 15) is 0 Å². The van der Waals surface area contributed by atoms with Gasteiger partial charge in [0.25, 0.3) is 0 Å². The molecule has 0 aromatic heterocycles. The molecule has 94 valence electrons. The van der Waals surface area contributed by atoms with Gasteiger partial charge in [0.1, 0.15) is 13.2 Å². The van der Waals surface area contributed by atoms with E-state index in [1.54, 1.807) is 0 Å². The third-order valence-corrected chi connectivity index (χ3v) is 2.64. The molecule has 1 aromatic carbocycles. The largest absolute Gasteiger partial charge is 0.486 e. The number of rotatable bonds is 6. The van der Waals surface area contributed by atoms with Crippen LogP contribution in [0.25, 0.3) is 0 Å². The molecule has 17 heavy (non-hydrogen) atoms. The number of ether oxygens (including phenoxy) is 3. The molecule has 0 spiro atoms. The van der Waals surface area contributed by atoms with Gasteiger partial charge in [-0.25, -0.2) is 0 Å². The highest BCUT2D eigenvalue weighted by molar-refractivity contribution is 5.43. The molecule has 1 aliphatic heterocycles. The lowest BCUT2D eigenvalue weighted by Gasteiger charge is -2.18. The van der Waals surface area contributed by atoms with Crippen LogP contribution in [-0.2, 0) is 11.2 Å². The van der Waals surface area contributed by atoms with Crippen molar-refractivity contribution >= 4 is 0 Å². The molecule has 0 saturated heterocycles. The van der Waals surface area contributed by atoms with Gasteiger partial charge in [0.05, 0.1) is 13.2 Å². The van der Waals surface area contributed by atoms with Crippen LogP contribution in [0.1, 0.15) is 5.56 Å². The molecule has 0 unspecified atom stereocenters. The van der Waals surface area contributed by atoms with Crippen molar-refractivity contribution in [2.24, 2.45) is 0 Å². The zero-order valence-electron chi connectivity index (χ0n) is 10.2. The van der Waals surface area contributed by atoms with Gasteiger partial charge in [0.15, 0.2) is 11.5 Å². The van der Waals surface area contributed by atoms with Crippen molar-refractivity contribution in [2.45, 2.75) is 6.42 Å². The summed E-state index contributed by atoms with van der Waals surface area (Å²) in [6, 6.07) is 6.07. The van der Waals surface area contributed by atoms with Crippen molar-refractivity contribution in [1.29, 1.82) is 0 Å². The van der Waals surface area contributed by atoms with Gasteiger partial charge in [0.2, 0.25) is 0 Å². The van der Waals surface area contributed by atoms with E-state index in [2.05, 4.69) is 11.4 Å². The summed E-state index contributed by atoms with van der Waals surface area (Å²) in [6.45, 7) is 3.65. The normalized spacial score (nSPS) is 13.7. The van der Waals surface area contributed by atoms with Crippen LogP contribution in [0.5, 0.6) is 11.5 Å². The Hall–Kier alpha value is -1.26. The molecule has 4 heteroatoms. The second-order valence-electron chi connectivity index (χ2n) is 3.94. The van der Waals surface area contributed by atoms with Crippen molar-refractivity contribution < 1.29 is 14.2 Å². The Balaban J connectivity index is 1.81. The minimum absolute atomic E-state index is 0.634. The highest BCUT2D eigenvalue weighted by Crippen LogP contribution is 2.30. The Morgan fingerprint density at radius 2 is 2.00 bits per heavy atom. The number of benzene rings is 1. The number of hydrogen-bond acceptors (Lipinski definition) is 4. The van der Waals surface area contributed by atoms with Gasteiger partial charge in [-0.3, -0.25) is 0 Å². The Kier molecular flexibility index (Phi) is 4.64. The maximum absolute atomic E-state index is 5.53. The van der Waals surface area contributed by atoms with Gasteiger partial charge in [0, 0.05) is 6.54 Å². The van der Waals surface area contributed by atoms with Crippen LogP contribution in [0.3, 0.4) is 0 Å². The topological polar surface area (TPSA) is 39.7 Å². The lowest BCUT2D eigenvalue weighted by molar-refractivity contribution is 0.140. The summed E-state index contributed by atoms with van der Waals surface area (Å²) < 4.78 is 16.5. The first-order chi connectivity index (χ1) is 8.40. The molecule has 0 bridgehead atoms. The monoisotopic (exact) mass is 237 g/mol. The minimum atomic E-state index is 0.634. The van der Waals surface area contributed by atoms with Crippen LogP contribution in [0.2, 0.25) is 0 Å². The van der Waals surface area contributed by atoms with Crippen LogP contribution < -0.4 is 14.8 Å². The Morgan fingerprint density at radius 1 is 1.18 bits per heavy atom. The van der Waals surface area contributed by atoms with E-state index in [1.165, 1.54) is 5.56 Å². The maximum Gasteiger partial charge on any atom is 0.161 e. The number of nitrogens with one attached hydrogen (secondary N) is 1. The number of hydrogen-bond donors (Lipinski definition) is 1. The van der Waals surface area contributed by atoms with E-state index in [1.807, 2.05) is 19.2 Å². The first-order valence-electron chi connectivity index (χ1n) is 6.01. The van der Waals surface area contributed by atoms with E-state index in [0.717, 1.165) is 37.7 Å². The van der Waals surface area contributed by atoms with E-state index >= 15 is 0 Å². The van der Waals surface area contributed by atoms with Crippen LogP contribution in [-0.4, -0.2) is 40.0 Å². The Morgan fingerprint density at radius 3 is 2.82 bits per heavy atom. The van der Waals surface area contributed by atoms with E-state index in [0.29, 0.717) is 13.2 Å². The lowest BCUT2D eigenvalue weighted by Crippen LogP contribution is -2.16.